The van der Waals surface area contributed by atoms with Crippen LogP contribution in [-0.4, -0.2) is 60.2 Å². The molecule has 0 atom stereocenters. The van der Waals surface area contributed by atoms with E-state index < -0.39 is 0 Å². The van der Waals surface area contributed by atoms with Crippen LogP contribution in [0.25, 0.3) is 0 Å². The van der Waals surface area contributed by atoms with Gasteiger partial charge in [-0.2, -0.15) is 0 Å². The number of carbonyl (C=O) groups is 3. The van der Waals surface area contributed by atoms with E-state index in [9.17, 15) is 14.4 Å². The van der Waals surface area contributed by atoms with Gasteiger partial charge in [0.2, 0.25) is 5.91 Å². The molecule has 0 aliphatic carbocycles. The van der Waals surface area contributed by atoms with Crippen LogP contribution in [0.5, 0.6) is 0 Å². The van der Waals surface area contributed by atoms with Gasteiger partial charge in [0, 0.05) is 39.1 Å². The smallest absolute Gasteiger partial charge is 0.261 e. The fourth-order valence-corrected chi connectivity index (χ4v) is 2.90. The van der Waals surface area contributed by atoms with Crippen molar-refractivity contribution in [2.45, 2.75) is 12.8 Å². The highest BCUT2D eigenvalue weighted by Crippen LogP contribution is 2.22. The second kappa shape index (κ2) is 6.27. The standard InChI is InChI=1S/C16H19N3O3/c20-14(18-10-7-17-8-11-18)6-3-9-19-15(21)12-4-1-2-5-13(12)16(19)22/h1-2,4-5,17H,3,6-11H2. The molecule has 0 unspecified atom stereocenters. The number of nitrogens with one attached hydrogen (secondary N) is 1. The van der Waals surface area contributed by atoms with E-state index in [1.165, 1.54) is 4.90 Å². The van der Waals surface area contributed by atoms with E-state index >= 15 is 0 Å². The highest BCUT2D eigenvalue weighted by atomic mass is 16.2. The number of imide groups is 1. The molecular formula is C16H19N3O3. The van der Waals surface area contributed by atoms with Gasteiger partial charge >= 0.3 is 0 Å². The summed E-state index contributed by atoms with van der Waals surface area (Å²) in [4.78, 5) is 39.5. The van der Waals surface area contributed by atoms with Crippen molar-refractivity contribution in [3.63, 3.8) is 0 Å². The van der Waals surface area contributed by atoms with Crippen LogP contribution in [0, 0.1) is 0 Å². The first-order chi connectivity index (χ1) is 10.7. The van der Waals surface area contributed by atoms with Gasteiger partial charge in [-0.05, 0) is 18.6 Å². The molecule has 0 bridgehead atoms. The Morgan fingerprint density at radius 2 is 1.64 bits per heavy atom. The van der Waals surface area contributed by atoms with Gasteiger partial charge in [-0.25, -0.2) is 0 Å². The van der Waals surface area contributed by atoms with Crippen LogP contribution in [0.3, 0.4) is 0 Å². The lowest BCUT2D eigenvalue weighted by Crippen LogP contribution is -2.46. The molecule has 3 rings (SSSR count). The fraction of sp³-hybridized carbons (Fsp3) is 0.438. The normalized spacial score (nSPS) is 17.8. The minimum Gasteiger partial charge on any atom is -0.340 e. The third kappa shape index (κ3) is 2.74. The van der Waals surface area contributed by atoms with Crippen LogP contribution < -0.4 is 5.32 Å². The Hall–Kier alpha value is -2.21. The number of nitrogens with zero attached hydrogens (tertiary/aromatic N) is 2. The lowest BCUT2D eigenvalue weighted by atomic mass is 10.1. The number of rotatable bonds is 4. The van der Waals surface area contributed by atoms with E-state index in [-0.39, 0.29) is 17.7 Å². The molecule has 2 aliphatic rings. The zero-order valence-corrected chi connectivity index (χ0v) is 12.4. The molecule has 1 aromatic carbocycles. The third-order valence-electron chi connectivity index (χ3n) is 4.12. The summed E-state index contributed by atoms with van der Waals surface area (Å²) >= 11 is 0. The maximum absolute atomic E-state index is 12.2. The first-order valence-electron chi connectivity index (χ1n) is 7.62. The van der Waals surface area contributed by atoms with Gasteiger partial charge in [0.15, 0.2) is 0 Å². The zero-order valence-electron chi connectivity index (χ0n) is 12.4. The molecule has 1 aromatic rings. The second-order valence-electron chi connectivity index (χ2n) is 5.54. The molecule has 2 heterocycles. The Balaban J connectivity index is 1.53. The van der Waals surface area contributed by atoms with Crippen molar-refractivity contribution < 1.29 is 14.4 Å². The van der Waals surface area contributed by atoms with Gasteiger partial charge in [-0.1, -0.05) is 12.1 Å². The summed E-state index contributed by atoms with van der Waals surface area (Å²) in [6.45, 7) is 3.40. The molecule has 3 amide bonds. The lowest BCUT2D eigenvalue weighted by molar-refractivity contribution is -0.131. The quantitative estimate of drug-likeness (QED) is 0.822. The van der Waals surface area contributed by atoms with E-state index in [0.717, 1.165) is 26.2 Å². The molecule has 1 N–H and O–H groups in total. The Labute approximate surface area is 129 Å². The van der Waals surface area contributed by atoms with Crippen LogP contribution in [0.4, 0.5) is 0 Å². The molecule has 22 heavy (non-hydrogen) atoms. The predicted octanol–water partition coefficient (Wildman–Crippen LogP) is 0.495. The van der Waals surface area contributed by atoms with Gasteiger partial charge < -0.3 is 10.2 Å². The number of carbonyl (C=O) groups excluding carboxylic acids is 3. The van der Waals surface area contributed by atoms with Crippen molar-refractivity contribution in [3.8, 4) is 0 Å². The van der Waals surface area contributed by atoms with E-state index in [1.807, 2.05) is 4.90 Å². The molecule has 0 aromatic heterocycles. The first kappa shape index (κ1) is 14.7. The van der Waals surface area contributed by atoms with Crippen LogP contribution >= 0.6 is 0 Å². The molecule has 116 valence electrons. The Morgan fingerprint density at radius 1 is 1.05 bits per heavy atom. The Morgan fingerprint density at radius 3 is 2.23 bits per heavy atom. The Kier molecular flexibility index (Phi) is 4.20. The number of benzene rings is 1. The van der Waals surface area contributed by atoms with E-state index in [1.54, 1.807) is 24.3 Å². The minimum atomic E-state index is -0.254. The van der Waals surface area contributed by atoms with E-state index in [4.69, 9.17) is 0 Å². The second-order valence-corrected chi connectivity index (χ2v) is 5.54. The summed E-state index contributed by atoms with van der Waals surface area (Å²) in [6, 6.07) is 6.84. The molecule has 1 saturated heterocycles. The van der Waals surface area contributed by atoms with Gasteiger partial charge in [0.05, 0.1) is 11.1 Å². The highest BCUT2D eigenvalue weighted by molar-refractivity contribution is 6.21. The van der Waals surface area contributed by atoms with E-state index in [2.05, 4.69) is 5.32 Å². The van der Waals surface area contributed by atoms with Crippen LogP contribution in [0.15, 0.2) is 24.3 Å². The van der Waals surface area contributed by atoms with Gasteiger partial charge in [0.1, 0.15) is 0 Å². The van der Waals surface area contributed by atoms with Crippen molar-refractivity contribution in [1.82, 2.24) is 15.1 Å². The minimum absolute atomic E-state index is 0.0955. The summed E-state index contributed by atoms with van der Waals surface area (Å²) in [5, 5.41) is 3.20. The first-order valence-corrected chi connectivity index (χ1v) is 7.62. The highest BCUT2D eigenvalue weighted by Gasteiger charge is 2.34. The molecular weight excluding hydrogens is 282 g/mol. The average Bonchev–Trinajstić information content (AvgIpc) is 2.81. The Bertz CT molecular complexity index is 573. The molecule has 6 nitrogen and oxygen atoms in total. The summed E-state index contributed by atoms with van der Waals surface area (Å²) in [5.74, 6) is -0.413. The van der Waals surface area contributed by atoms with Crippen LogP contribution in [0.1, 0.15) is 33.6 Å². The van der Waals surface area contributed by atoms with Crippen molar-refractivity contribution in [2.75, 3.05) is 32.7 Å². The van der Waals surface area contributed by atoms with E-state index in [0.29, 0.717) is 30.5 Å². The number of piperazine rings is 1. The molecule has 1 fully saturated rings. The topological polar surface area (TPSA) is 69.7 Å². The summed E-state index contributed by atoms with van der Waals surface area (Å²) in [6.07, 6.45) is 0.877. The number of amides is 3. The third-order valence-corrected chi connectivity index (χ3v) is 4.12. The average molecular weight is 301 g/mol. The maximum atomic E-state index is 12.2. The predicted molar refractivity (Wildman–Crippen MR) is 80.5 cm³/mol. The lowest BCUT2D eigenvalue weighted by Gasteiger charge is -2.27. The monoisotopic (exact) mass is 301 g/mol. The largest absolute Gasteiger partial charge is 0.340 e. The summed E-state index contributed by atoms with van der Waals surface area (Å²) in [5.41, 5.74) is 0.918. The van der Waals surface area contributed by atoms with Crippen molar-refractivity contribution in [2.24, 2.45) is 0 Å². The molecule has 2 aliphatic heterocycles. The van der Waals surface area contributed by atoms with Gasteiger partial charge in [-0.3, -0.25) is 19.3 Å². The maximum Gasteiger partial charge on any atom is 0.261 e. The molecule has 0 radical (unpaired) electrons. The SMILES string of the molecule is O=C(CCCN1C(=O)c2ccccc2C1=O)N1CCNCC1. The van der Waals surface area contributed by atoms with Crippen molar-refractivity contribution in [1.29, 1.82) is 0 Å². The van der Waals surface area contributed by atoms with Crippen LogP contribution in [-0.2, 0) is 4.79 Å². The molecule has 6 heteroatoms. The number of hydrogen-bond acceptors (Lipinski definition) is 4. The van der Waals surface area contributed by atoms with Crippen molar-refractivity contribution in [3.05, 3.63) is 35.4 Å². The van der Waals surface area contributed by atoms with Gasteiger partial charge in [-0.15, -0.1) is 0 Å². The van der Waals surface area contributed by atoms with Crippen LogP contribution in [0.2, 0.25) is 0 Å². The fourth-order valence-electron chi connectivity index (χ4n) is 2.90. The van der Waals surface area contributed by atoms with Crippen molar-refractivity contribution >= 4 is 17.7 Å². The summed E-state index contributed by atoms with van der Waals surface area (Å²) in [7, 11) is 0. The summed E-state index contributed by atoms with van der Waals surface area (Å²) < 4.78 is 0. The number of hydrogen-bond donors (Lipinski definition) is 1. The zero-order chi connectivity index (χ0) is 15.5. The molecule has 0 saturated carbocycles. The number of fused-ring (bicyclic) bond motifs is 1. The van der Waals surface area contributed by atoms with Gasteiger partial charge in [0.25, 0.3) is 11.8 Å². The molecule has 0 spiro atoms.